The molecule has 0 amide bonds. The van der Waals surface area contributed by atoms with Gasteiger partial charge in [-0.25, -0.2) is 13.4 Å². The Bertz CT molecular complexity index is 575. The lowest BCUT2D eigenvalue weighted by Crippen LogP contribution is -2.44. The highest BCUT2D eigenvalue weighted by molar-refractivity contribution is 7.89. The van der Waals surface area contributed by atoms with Crippen LogP contribution in [0, 0.1) is 0 Å². The molecule has 1 aliphatic carbocycles. The second-order valence-corrected chi connectivity index (χ2v) is 7.11. The molecule has 2 rings (SSSR count). The van der Waals surface area contributed by atoms with Crippen molar-refractivity contribution in [2.75, 3.05) is 18.9 Å². The predicted octanol–water partition coefficient (Wildman–Crippen LogP) is 1.24. The Morgan fingerprint density at radius 3 is 2.70 bits per heavy atom. The van der Waals surface area contributed by atoms with Crippen LogP contribution in [0.15, 0.2) is 17.2 Å². The van der Waals surface area contributed by atoms with E-state index in [9.17, 15) is 8.42 Å². The van der Waals surface area contributed by atoms with Crippen molar-refractivity contribution in [3.63, 3.8) is 0 Å². The number of nitrogens with zero attached hydrogens (tertiary/aromatic N) is 2. The number of rotatable bonds is 6. The largest absolute Gasteiger partial charge is 0.396 e. The topological polar surface area (TPSA) is 96.5 Å². The zero-order valence-corrected chi connectivity index (χ0v) is 12.6. The van der Waals surface area contributed by atoms with Crippen LogP contribution in [-0.2, 0) is 10.0 Å². The number of pyridine rings is 1. The summed E-state index contributed by atoms with van der Waals surface area (Å²) in [5, 5.41) is 9.06. The van der Waals surface area contributed by atoms with Gasteiger partial charge in [-0.15, -0.1) is 0 Å². The van der Waals surface area contributed by atoms with Gasteiger partial charge in [0.15, 0.2) is 0 Å². The number of halogens is 1. The van der Waals surface area contributed by atoms with Crippen molar-refractivity contribution in [3.8, 4) is 0 Å². The number of nitrogen functional groups attached to an aromatic ring is 1. The molecule has 0 radical (unpaired) electrons. The van der Waals surface area contributed by atoms with E-state index in [4.69, 9.17) is 22.4 Å². The molecule has 0 unspecified atom stereocenters. The second kappa shape index (κ2) is 6.26. The number of aromatic nitrogens is 1. The van der Waals surface area contributed by atoms with Gasteiger partial charge >= 0.3 is 0 Å². The lowest BCUT2D eigenvalue weighted by molar-refractivity contribution is 0.198. The van der Waals surface area contributed by atoms with Gasteiger partial charge in [0, 0.05) is 25.4 Å². The van der Waals surface area contributed by atoms with E-state index >= 15 is 0 Å². The summed E-state index contributed by atoms with van der Waals surface area (Å²) in [6, 6.07) is 1.33. The van der Waals surface area contributed by atoms with E-state index in [-0.39, 0.29) is 28.4 Å². The van der Waals surface area contributed by atoms with Crippen molar-refractivity contribution < 1.29 is 13.5 Å². The number of aliphatic hydroxyl groups excluding tert-OH is 1. The third-order valence-corrected chi connectivity index (χ3v) is 5.69. The maximum Gasteiger partial charge on any atom is 0.244 e. The number of hydrogen-bond acceptors (Lipinski definition) is 5. The average Bonchev–Trinajstić information content (AvgIpc) is 2.35. The minimum absolute atomic E-state index is 0.00267. The summed E-state index contributed by atoms with van der Waals surface area (Å²) in [4.78, 5) is 3.84. The fourth-order valence-electron chi connectivity index (χ4n) is 2.11. The minimum atomic E-state index is -3.65. The predicted molar refractivity (Wildman–Crippen MR) is 76.9 cm³/mol. The molecule has 0 spiro atoms. The highest BCUT2D eigenvalue weighted by Gasteiger charge is 2.34. The molecule has 0 aliphatic heterocycles. The van der Waals surface area contributed by atoms with Gasteiger partial charge in [0.2, 0.25) is 10.0 Å². The number of sulfonamides is 1. The van der Waals surface area contributed by atoms with Crippen LogP contribution in [0.25, 0.3) is 0 Å². The van der Waals surface area contributed by atoms with Crippen molar-refractivity contribution in [2.45, 2.75) is 36.6 Å². The van der Waals surface area contributed by atoms with Gasteiger partial charge in [0.25, 0.3) is 0 Å². The molecule has 20 heavy (non-hydrogen) atoms. The summed E-state index contributed by atoms with van der Waals surface area (Å²) in [5.41, 5.74) is 5.50. The first-order chi connectivity index (χ1) is 9.46. The van der Waals surface area contributed by atoms with Gasteiger partial charge < -0.3 is 10.8 Å². The van der Waals surface area contributed by atoms with Crippen LogP contribution in [-0.4, -0.2) is 42.0 Å². The fraction of sp³-hybridized carbons (Fsp3) is 0.583. The third-order valence-electron chi connectivity index (χ3n) is 3.47. The number of hydrogen-bond donors (Lipinski definition) is 2. The van der Waals surface area contributed by atoms with E-state index in [1.54, 1.807) is 0 Å². The van der Waals surface area contributed by atoms with Crippen LogP contribution in [0.4, 0.5) is 5.82 Å². The van der Waals surface area contributed by atoms with Gasteiger partial charge in [0.05, 0.1) is 5.02 Å². The summed E-state index contributed by atoms with van der Waals surface area (Å²) in [6.45, 7) is 0.255. The maximum absolute atomic E-state index is 12.6. The van der Waals surface area contributed by atoms with E-state index in [0.29, 0.717) is 13.0 Å². The lowest BCUT2D eigenvalue weighted by atomic mass is 9.93. The summed E-state index contributed by atoms with van der Waals surface area (Å²) in [5.74, 6) is 0.108. The first-order valence-electron chi connectivity index (χ1n) is 6.50. The van der Waals surface area contributed by atoms with Gasteiger partial charge in [0.1, 0.15) is 10.7 Å². The molecule has 1 aromatic heterocycles. The Morgan fingerprint density at radius 2 is 2.20 bits per heavy atom. The van der Waals surface area contributed by atoms with Gasteiger partial charge in [-0.1, -0.05) is 18.0 Å². The third kappa shape index (κ3) is 3.06. The van der Waals surface area contributed by atoms with Gasteiger partial charge in [-0.3, -0.25) is 0 Å². The molecule has 8 heteroatoms. The second-order valence-electron chi connectivity index (χ2n) is 4.82. The molecule has 0 saturated heterocycles. The van der Waals surface area contributed by atoms with Crippen molar-refractivity contribution in [3.05, 3.63) is 17.3 Å². The van der Waals surface area contributed by atoms with Crippen LogP contribution < -0.4 is 5.73 Å². The SMILES string of the molecule is Nc1ncc(S(=O)(=O)N(CCCO)C2CCC2)cc1Cl. The van der Waals surface area contributed by atoms with Crippen LogP contribution >= 0.6 is 11.6 Å². The standard InChI is InChI=1S/C12H18ClN3O3S/c13-11-7-10(8-15-12(11)14)20(18,19)16(5-2-6-17)9-3-1-4-9/h7-9,17H,1-6H2,(H2,14,15). The van der Waals surface area contributed by atoms with Crippen molar-refractivity contribution in [2.24, 2.45) is 0 Å². The van der Waals surface area contributed by atoms with E-state index < -0.39 is 10.0 Å². The number of anilines is 1. The summed E-state index contributed by atoms with van der Waals surface area (Å²) >= 11 is 5.85. The van der Waals surface area contributed by atoms with Gasteiger partial charge in [-0.05, 0) is 25.3 Å². The molecule has 1 aromatic rings. The Labute approximate surface area is 123 Å². The first kappa shape index (κ1) is 15.5. The molecule has 6 nitrogen and oxygen atoms in total. The molecular formula is C12H18ClN3O3S. The Balaban J connectivity index is 2.30. The molecular weight excluding hydrogens is 302 g/mol. The summed E-state index contributed by atoms with van der Waals surface area (Å²) in [7, 11) is -3.65. The summed E-state index contributed by atoms with van der Waals surface area (Å²) < 4.78 is 26.7. The van der Waals surface area contributed by atoms with Crippen LogP contribution in [0.5, 0.6) is 0 Å². The summed E-state index contributed by atoms with van der Waals surface area (Å²) in [6.07, 6.45) is 4.35. The smallest absolute Gasteiger partial charge is 0.244 e. The highest BCUT2D eigenvalue weighted by Crippen LogP contribution is 2.31. The molecule has 0 bridgehead atoms. The van der Waals surface area contributed by atoms with Crippen LogP contribution in [0.1, 0.15) is 25.7 Å². The van der Waals surface area contributed by atoms with Crippen LogP contribution in [0.2, 0.25) is 5.02 Å². The molecule has 1 aliphatic rings. The Hall–Kier alpha value is -0.890. The minimum Gasteiger partial charge on any atom is -0.396 e. The molecule has 1 saturated carbocycles. The quantitative estimate of drug-likeness (QED) is 0.822. The van der Waals surface area contributed by atoms with E-state index in [2.05, 4.69) is 4.98 Å². The zero-order valence-electron chi connectivity index (χ0n) is 11.0. The molecule has 0 aromatic carbocycles. The average molecular weight is 320 g/mol. The van der Waals surface area contributed by atoms with E-state index in [1.807, 2.05) is 0 Å². The molecule has 1 heterocycles. The Morgan fingerprint density at radius 1 is 1.50 bits per heavy atom. The van der Waals surface area contributed by atoms with Gasteiger partial charge in [-0.2, -0.15) is 4.31 Å². The number of aliphatic hydroxyl groups is 1. The van der Waals surface area contributed by atoms with Crippen LogP contribution in [0.3, 0.4) is 0 Å². The Kier molecular flexibility index (Phi) is 4.85. The van der Waals surface area contributed by atoms with E-state index in [0.717, 1.165) is 19.3 Å². The maximum atomic E-state index is 12.6. The van der Waals surface area contributed by atoms with Crippen molar-refractivity contribution in [1.29, 1.82) is 0 Å². The zero-order chi connectivity index (χ0) is 14.8. The van der Waals surface area contributed by atoms with Crippen molar-refractivity contribution in [1.82, 2.24) is 9.29 Å². The normalized spacial score (nSPS) is 16.4. The molecule has 3 N–H and O–H groups in total. The first-order valence-corrected chi connectivity index (χ1v) is 8.32. The molecule has 1 fully saturated rings. The molecule has 112 valence electrons. The highest BCUT2D eigenvalue weighted by atomic mass is 35.5. The van der Waals surface area contributed by atoms with E-state index in [1.165, 1.54) is 16.6 Å². The monoisotopic (exact) mass is 319 g/mol. The molecule has 0 atom stereocenters. The van der Waals surface area contributed by atoms with Crippen molar-refractivity contribution >= 4 is 27.4 Å². The fourth-order valence-corrected chi connectivity index (χ4v) is 4.03. The number of nitrogens with two attached hydrogens (primary N) is 1. The lowest BCUT2D eigenvalue weighted by Gasteiger charge is -2.36.